The maximum atomic E-state index is 2.32. The Hall–Kier alpha value is 0. The van der Waals surface area contributed by atoms with Crippen molar-refractivity contribution in [3.63, 3.8) is 0 Å². The number of rotatable bonds is 1. The van der Waals surface area contributed by atoms with E-state index in [9.17, 15) is 0 Å². The van der Waals surface area contributed by atoms with E-state index in [1.165, 1.54) is 38.5 Å². The van der Waals surface area contributed by atoms with Crippen molar-refractivity contribution in [1.29, 1.82) is 0 Å². The summed E-state index contributed by atoms with van der Waals surface area (Å²) in [6.45, 7) is 2.32. The van der Waals surface area contributed by atoms with Crippen LogP contribution >= 0.6 is 0 Å². The highest BCUT2D eigenvalue weighted by Crippen LogP contribution is 2.25. The summed E-state index contributed by atoms with van der Waals surface area (Å²) >= 11 is 0. The summed E-state index contributed by atoms with van der Waals surface area (Å²) in [5.74, 6) is 1.09. The quantitative estimate of drug-likeness (QED) is 0.512. The molecule has 0 N–H and O–H groups in total. The lowest BCUT2D eigenvalue weighted by atomic mass is 9.88. The molecule has 0 radical (unpaired) electrons. The molecule has 72 valence electrons. The molecule has 0 aromatic heterocycles. The molecule has 0 aromatic carbocycles. The van der Waals surface area contributed by atoms with Crippen molar-refractivity contribution in [1.82, 2.24) is 0 Å². The van der Waals surface area contributed by atoms with Gasteiger partial charge in [-0.1, -0.05) is 67.7 Å². The lowest BCUT2D eigenvalue weighted by Gasteiger charge is -2.18. The third-order valence-corrected chi connectivity index (χ3v) is 2.30. The zero-order valence-corrected chi connectivity index (χ0v) is 5.82. The summed E-state index contributed by atoms with van der Waals surface area (Å²) in [6, 6.07) is 0. The SMILES string of the molecule is C.C.C.CCC1CCCCC1. The van der Waals surface area contributed by atoms with Crippen LogP contribution in [0.25, 0.3) is 0 Å². The molecule has 0 heteroatoms. The van der Waals surface area contributed by atoms with E-state index < -0.39 is 0 Å². The van der Waals surface area contributed by atoms with Crippen LogP contribution in [0.3, 0.4) is 0 Å². The average Bonchev–Trinajstić information content (AvgIpc) is 1.90. The molecule has 0 heterocycles. The highest BCUT2D eigenvalue weighted by Gasteiger charge is 2.09. The molecule has 1 aliphatic carbocycles. The van der Waals surface area contributed by atoms with Crippen molar-refractivity contribution < 1.29 is 0 Å². The normalized spacial score (nSPS) is 17.2. The Balaban J connectivity index is -0.000000213. The van der Waals surface area contributed by atoms with E-state index in [-0.39, 0.29) is 22.3 Å². The summed E-state index contributed by atoms with van der Waals surface area (Å²) in [5, 5.41) is 0. The summed E-state index contributed by atoms with van der Waals surface area (Å²) in [6.07, 6.45) is 8.93. The van der Waals surface area contributed by atoms with Crippen LogP contribution in [0.1, 0.15) is 67.7 Å². The van der Waals surface area contributed by atoms with Crippen molar-refractivity contribution >= 4 is 0 Å². The summed E-state index contributed by atoms with van der Waals surface area (Å²) in [4.78, 5) is 0. The summed E-state index contributed by atoms with van der Waals surface area (Å²) in [5.41, 5.74) is 0. The molecule has 1 rings (SSSR count). The van der Waals surface area contributed by atoms with Crippen LogP contribution in [-0.2, 0) is 0 Å². The average molecular weight is 160 g/mol. The first-order valence-electron chi connectivity index (χ1n) is 3.93. The molecular weight excluding hydrogens is 132 g/mol. The van der Waals surface area contributed by atoms with Gasteiger partial charge in [-0.15, -0.1) is 0 Å². The standard InChI is InChI=1S/C8H16.3CH4/c1-2-8-6-4-3-5-7-8;;;/h8H,2-7H2,1H3;3*1H4. The molecule has 1 aliphatic rings. The van der Waals surface area contributed by atoms with E-state index in [1.807, 2.05) is 0 Å². The molecule has 0 saturated heterocycles. The third-order valence-electron chi connectivity index (χ3n) is 2.30. The van der Waals surface area contributed by atoms with Crippen molar-refractivity contribution in [2.75, 3.05) is 0 Å². The van der Waals surface area contributed by atoms with E-state index >= 15 is 0 Å². The van der Waals surface area contributed by atoms with Gasteiger partial charge in [0.2, 0.25) is 0 Å². The molecule has 1 fully saturated rings. The van der Waals surface area contributed by atoms with Crippen LogP contribution < -0.4 is 0 Å². The highest BCUT2D eigenvalue weighted by atomic mass is 14.2. The van der Waals surface area contributed by atoms with Gasteiger partial charge in [0, 0.05) is 0 Å². The molecule has 1 saturated carbocycles. The maximum absolute atomic E-state index is 2.32. The smallest absolute Gasteiger partial charge is 0.0417 e. The van der Waals surface area contributed by atoms with Gasteiger partial charge in [-0.05, 0) is 5.92 Å². The van der Waals surface area contributed by atoms with Crippen LogP contribution in [0.5, 0.6) is 0 Å². The van der Waals surface area contributed by atoms with E-state index in [0.29, 0.717) is 0 Å². The lowest BCUT2D eigenvalue weighted by Crippen LogP contribution is -2.03. The zero-order valence-electron chi connectivity index (χ0n) is 5.82. The first-order valence-corrected chi connectivity index (χ1v) is 3.93. The van der Waals surface area contributed by atoms with Gasteiger partial charge in [-0.3, -0.25) is 0 Å². The molecule has 0 aromatic rings. The Bertz CT molecular complexity index is 51.1. The van der Waals surface area contributed by atoms with E-state index in [4.69, 9.17) is 0 Å². The molecule has 11 heavy (non-hydrogen) atoms. The van der Waals surface area contributed by atoms with E-state index in [1.54, 1.807) is 0 Å². The van der Waals surface area contributed by atoms with Gasteiger partial charge in [0.25, 0.3) is 0 Å². The maximum Gasteiger partial charge on any atom is -0.0417 e. The van der Waals surface area contributed by atoms with Gasteiger partial charge in [0.1, 0.15) is 0 Å². The van der Waals surface area contributed by atoms with E-state index in [2.05, 4.69) is 6.92 Å². The summed E-state index contributed by atoms with van der Waals surface area (Å²) in [7, 11) is 0. The van der Waals surface area contributed by atoms with Crippen LogP contribution in [0.15, 0.2) is 0 Å². The third kappa shape index (κ3) is 6.40. The van der Waals surface area contributed by atoms with Gasteiger partial charge in [0.15, 0.2) is 0 Å². The second-order valence-electron chi connectivity index (χ2n) is 2.91. The van der Waals surface area contributed by atoms with Crippen LogP contribution in [0.4, 0.5) is 0 Å². The minimum absolute atomic E-state index is 0. The fourth-order valence-electron chi connectivity index (χ4n) is 1.60. The van der Waals surface area contributed by atoms with Crippen molar-refractivity contribution in [2.45, 2.75) is 67.7 Å². The Morgan fingerprint density at radius 3 is 1.64 bits per heavy atom. The minimum atomic E-state index is 0. The Morgan fingerprint density at radius 2 is 1.36 bits per heavy atom. The van der Waals surface area contributed by atoms with Gasteiger partial charge in [0.05, 0.1) is 0 Å². The van der Waals surface area contributed by atoms with Crippen molar-refractivity contribution in [3.8, 4) is 0 Å². The molecule has 0 spiro atoms. The van der Waals surface area contributed by atoms with Gasteiger partial charge < -0.3 is 0 Å². The van der Waals surface area contributed by atoms with Gasteiger partial charge in [-0.25, -0.2) is 0 Å². The molecule has 0 bridgehead atoms. The second-order valence-corrected chi connectivity index (χ2v) is 2.91. The fourth-order valence-corrected chi connectivity index (χ4v) is 1.60. The van der Waals surface area contributed by atoms with Crippen LogP contribution in [0, 0.1) is 5.92 Å². The highest BCUT2D eigenvalue weighted by molar-refractivity contribution is 4.63. The van der Waals surface area contributed by atoms with Crippen LogP contribution in [0.2, 0.25) is 0 Å². The number of hydrogen-bond acceptors (Lipinski definition) is 0. The van der Waals surface area contributed by atoms with Crippen LogP contribution in [-0.4, -0.2) is 0 Å². The second kappa shape index (κ2) is 10.0. The molecule has 0 atom stereocenters. The minimum Gasteiger partial charge on any atom is -0.0776 e. The predicted molar refractivity (Wildman–Crippen MR) is 57.1 cm³/mol. The molecule has 0 amide bonds. The Morgan fingerprint density at radius 1 is 0.909 bits per heavy atom. The lowest BCUT2D eigenvalue weighted by molar-refractivity contribution is 0.349. The first kappa shape index (κ1) is 17.2. The largest absolute Gasteiger partial charge is 0.0776 e. The molecule has 0 unspecified atom stereocenters. The van der Waals surface area contributed by atoms with Crippen molar-refractivity contribution in [3.05, 3.63) is 0 Å². The molecule has 0 aliphatic heterocycles. The Kier molecular flexibility index (Phi) is 15.6. The van der Waals surface area contributed by atoms with Gasteiger partial charge >= 0.3 is 0 Å². The van der Waals surface area contributed by atoms with E-state index in [0.717, 1.165) is 5.92 Å². The first-order chi connectivity index (χ1) is 3.93. The topological polar surface area (TPSA) is 0 Å². The summed E-state index contributed by atoms with van der Waals surface area (Å²) < 4.78 is 0. The van der Waals surface area contributed by atoms with Crippen molar-refractivity contribution in [2.24, 2.45) is 5.92 Å². The number of hydrogen-bond donors (Lipinski definition) is 0. The van der Waals surface area contributed by atoms with Gasteiger partial charge in [-0.2, -0.15) is 0 Å². The predicted octanol–water partition coefficient (Wildman–Crippen LogP) is 4.89. The molecular formula is C11H28. The molecule has 0 nitrogen and oxygen atoms in total. The zero-order chi connectivity index (χ0) is 5.82. The Labute approximate surface area is 74.4 Å². The monoisotopic (exact) mass is 160 g/mol. The fraction of sp³-hybridized carbons (Fsp3) is 1.00.